The number of hydrogen-bond donors (Lipinski definition) is 1. The summed E-state index contributed by atoms with van der Waals surface area (Å²) in [6.07, 6.45) is -4.73. The number of primary amides is 1. The molecule has 0 aliphatic carbocycles. The molecule has 2 amide bonds. The molecule has 0 spiro atoms. The van der Waals surface area contributed by atoms with Crippen molar-refractivity contribution in [2.24, 2.45) is 11.7 Å². The molecule has 1 aliphatic rings. The molecule has 0 saturated carbocycles. The first-order valence-corrected chi connectivity index (χ1v) is 6.61. The van der Waals surface area contributed by atoms with Crippen LogP contribution in [0.5, 0.6) is 0 Å². The highest BCUT2D eigenvalue weighted by atomic mass is 19.4. The van der Waals surface area contributed by atoms with Crippen molar-refractivity contribution in [1.82, 2.24) is 0 Å². The average molecular weight is 330 g/mol. The van der Waals surface area contributed by atoms with E-state index in [2.05, 4.69) is 4.74 Å². The van der Waals surface area contributed by atoms with Crippen LogP contribution in [-0.2, 0) is 25.3 Å². The predicted molar refractivity (Wildman–Crippen MR) is 72.1 cm³/mol. The number of hydrogen-bond acceptors (Lipinski definition) is 4. The maximum absolute atomic E-state index is 12.7. The lowest BCUT2D eigenvalue weighted by Crippen LogP contribution is -2.28. The van der Waals surface area contributed by atoms with Crippen molar-refractivity contribution in [3.63, 3.8) is 0 Å². The smallest absolute Gasteiger partial charge is 0.416 e. The molecule has 1 saturated heterocycles. The molecular formula is C14H13F3N2O4. The molecule has 1 aromatic carbocycles. The fourth-order valence-corrected chi connectivity index (χ4v) is 2.23. The topological polar surface area (TPSA) is 89.7 Å². The van der Waals surface area contributed by atoms with Crippen LogP contribution in [0.1, 0.15) is 12.0 Å². The summed E-state index contributed by atoms with van der Waals surface area (Å²) in [6.45, 7) is -0.717. The molecule has 124 valence electrons. The molecule has 9 heteroatoms. The van der Waals surface area contributed by atoms with Crippen LogP contribution >= 0.6 is 0 Å². The second kappa shape index (κ2) is 6.27. The van der Waals surface area contributed by atoms with Crippen molar-refractivity contribution in [2.75, 3.05) is 18.1 Å². The van der Waals surface area contributed by atoms with Crippen molar-refractivity contribution < 1.29 is 32.3 Å². The predicted octanol–water partition coefficient (Wildman–Crippen LogP) is 1.09. The van der Waals surface area contributed by atoms with Gasteiger partial charge in [0.1, 0.15) is 0 Å². The van der Waals surface area contributed by atoms with E-state index in [0.717, 1.165) is 17.0 Å². The molecule has 2 N–H and O–H groups in total. The highest BCUT2D eigenvalue weighted by Crippen LogP contribution is 2.33. The van der Waals surface area contributed by atoms with Crippen molar-refractivity contribution in [2.45, 2.75) is 12.6 Å². The van der Waals surface area contributed by atoms with E-state index in [1.54, 1.807) is 0 Å². The van der Waals surface area contributed by atoms with E-state index in [0.29, 0.717) is 0 Å². The van der Waals surface area contributed by atoms with Gasteiger partial charge in [0.2, 0.25) is 5.91 Å². The molecule has 6 nitrogen and oxygen atoms in total. The number of nitrogens with two attached hydrogens (primary N) is 1. The molecule has 1 aromatic rings. The van der Waals surface area contributed by atoms with Gasteiger partial charge in [0.25, 0.3) is 5.91 Å². The van der Waals surface area contributed by atoms with Gasteiger partial charge in [0.05, 0.1) is 11.5 Å². The van der Waals surface area contributed by atoms with Crippen LogP contribution < -0.4 is 10.6 Å². The summed E-state index contributed by atoms with van der Waals surface area (Å²) in [4.78, 5) is 35.3. The second-order valence-electron chi connectivity index (χ2n) is 5.03. The number of alkyl halides is 3. The lowest BCUT2D eigenvalue weighted by molar-refractivity contribution is -0.151. The Kier molecular flexibility index (Phi) is 4.57. The fraction of sp³-hybridized carbons (Fsp3) is 0.357. The SMILES string of the molecule is NC(=O)COC(=O)[C@@H]1CC(=O)N(c2cccc(C(F)(F)F)c2)C1. The van der Waals surface area contributed by atoms with Gasteiger partial charge in [0.15, 0.2) is 6.61 Å². The third kappa shape index (κ3) is 3.99. The van der Waals surface area contributed by atoms with E-state index in [-0.39, 0.29) is 18.7 Å². The quantitative estimate of drug-likeness (QED) is 0.837. The monoisotopic (exact) mass is 330 g/mol. The molecule has 1 atom stereocenters. The molecule has 23 heavy (non-hydrogen) atoms. The Hall–Kier alpha value is -2.58. The minimum Gasteiger partial charge on any atom is -0.455 e. The van der Waals surface area contributed by atoms with E-state index in [9.17, 15) is 27.6 Å². The number of esters is 1. The van der Waals surface area contributed by atoms with Gasteiger partial charge in [-0.2, -0.15) is 13.2 Å². The Morgan fingerprint density at radius 3 is 2.65 bits per heavy atom. The minimum atomic E-state index is -4.53. The summed E-state index contributed by atoms with van der Waals surface area (Å²) in [7, 11) is 0. The summed E-state index contributed by atoms with van der Waals surface area (Å²) in [6, 6.07) is 4.27. The van der Waals surface area contributed by atoms with Crippen LogP contribution in [0.4, 0.5) is 18.9 Å². The van der Waals surface area contributed by atoms with Gasteiger partial charge in [-0.3, -0.25) is 14.4 Å². The van der Waals surface area contributed by atoms with Crippen molar-refractivity contribution in [3.8, 4) is 0 Å². The second-order valence-corrected chi connectivity index (χ2v) is 5.03. The molecule has 1 aliphatic heterocycles. The summed E-state index contributed by atoms with van der Waals surface area (Å²) >= 11 is 0. The summed E-state index contributed by atoms with van der Waals surface area (Å²) < 4.78 is 42.8. The third-order valence-corrected chi connectivity index (χ3v) is 3.30. The lowest BCUT2D eigenvalue weighted by Gasteiger charge is -2.18. The summed E-state index contributed by atoms with van der Waals surface area (Å²) in [5.41, 5.74) is 4.01. The Bertz CT molecular complexity index is 645. The molecule has 2 rings (SSSR count). The molecule has 0 unspecified atom stereocenters. The third-order valence-electron chi connectivity index (χ3n) is 3.30. The number of rotatable bonds is 4. The van der Waals surface area contributed by atoms with E-state index >= 15 is 0 Å². The molecule has 0 bridgehead atoms. The Morgan fingerprint density at radius 1 is 1.35 bits per heavy atom. The van der Waals surface area contributed by atoms with Gasteiger partial charge in [-0.25, -0.2) is 0 Å². The largest absolute Gasteiger partial charge is 0.455 e. The van der Waals surface area contributed by atoms with Crippen LogP contribution in [0.15, 0.2) is 24.3 Å². The van der Waals surface area contributed by atoms with Crippen LogP contribution in [-0.4, -0.2) is 30.9 Å². The first-order valence-electron chi connectivity index (χ1n) is 6.61. The van der Waals surface area contributed by atoms with Crippen LogP contribution in [0.3, 0.4) is 0 Å². The van der Waals surface area contributed by atoms with E-state index in [1.165, 1.54) is 12.1 Å². The first-order chi connectivity index (χ1) is 10.7. The zero-order valence-electron chi connectivity index (χ0n) is 11.8. The van der Waals surface area contributed by atoms with E-state index < -0.39 is 42.0 Å². The van der Waals surface area contributed by atoms with Crippen LogP contribution in [0.2, 0.25) is 0 Å². The highest BCUT2D eigenvalue weighted by Gasteiger charge is 2.37. The number of anilines is 1. The molecule has 1 fully saturated rings. The van der Waals surface area contributed by atoms with Gasteiger partial charge < -0.3 is 15.4 Å². The summed E-state index contributed by atoms with van der Waals surface area (Å²) in [5.74, 6) is -2.97. The maximum Gasteiger partial charge on any atom is 0.416 e. The average Bonchev–Trinajstić information content (AvgIpc) is 2.86. The number of carbonyl (C=O) groups is 3. The van der Waals surface area contributed by atoms with Crippen molar-refractivity contribution in [1.29, 1.82) is 0 Å². The number of amides is 2. The normalized spacial score (nSPS) is 18.1. The Balaban J connectivity index is 2.12. The van der Waals surface area contributed by atoms with E-state index in [1.807, 2.05) is 0 Å². The lowest BCUT2D eigenvalue weighted by atomic mass is 10.1. The van der Waals surface area contributed by atoms with E-state index in [4.69, 9.17) is 5.73 Å². The van der Waals surface area contributed by atoms with Crippen LogP contribution in [0, 0.1) is 5.92 Å². The number of nitrogens with zero attached hydrogens (tertiary/aromatic N) is 1. The fourth-order valence-electron chi connectivity index (χ4n) is 2.23. The number of carbonyl (C=O) groups excluding carboxylic acids is 3. The number of benzene rings is 1. The van der Waals surface area contributed by atoms with Gasteiger partial charge in [-0.05, 0) is 18.2 Å². The Morgan fingerprint density at radius 2 is 2.04 bits per heavy atom. The van der Waals surface area contributed by atoms with Gasteiger partial charge in [-0.15, -0.1) is 0 Å². The molecule has 0 aromatic heterocycles. The van der Waals surface area contributed by atoms with Crippen molar-refractivity contribution >= 4 is 23.5 Å². The zero-order valence-corrected chi connectivity index (χ0v) is 11.8. The number of ether oxygens (including phenoxy) is 1. The zero-order chi connectivity index (χ0) is 17.2. The highest BCUT2D eigenvalue weighted by molar-refractivity contribution is 5.99. The van der Waals surface area contributed by atoms with Gasteiger partial charge >= 0.3 is 12.1 Å². The van der Waals surface area contributed by atoms with Gasteiger partial charge in [0, 0.05) is 18.7 Å². The minimum absolute atomic E-state index is 0.0510. The van der Waals surface area contributed by atoms with Crippen LogP contribution in [0.25, 0.3) is 0 Å². The molecular weight excluding hydrogens is 317 g/mol. The van der Waals surface area contributed by atoms with Crippen molar-refractivity contribution in [3.05, 3.63) is 29.8 Å². The molecule has 1 heterocycles. The molecule has 0 radical (unpaired) electrons. The number of halogens is 3. The van der Waals surface area contributed by atoms with Gasteiger partial charge in [-0.1, -0.05) is 6.07 Å². The Labute approximate surface area is 129 Å². The first kappa shape index (κ1) is 16.8. The summed E-state index contributed by atoms with van der Waals surface area (Å²) in [5, 5.41) is 0. The maximum atomic E-state index is 12.7. The standard InChI is InChI=1S/C14H13F3N2O4/c15-14(16,17)9-2-1-3-10(5-9)19-6-8(4-12(19)21)13(22)23-7-11(18)20/h1-3,5,8H,4,6-7H2,(H2,18,20)/t8-/m1/s1.